The van der Waals surface area contributed by atoms with Gasteiger partial charge in [0, 0.05) is 98.3 Å². The second kappa shape index (κ2) is 24.5. The molecular formula is C50H61IN12O12S2. The number of amides is 2. The second-order valence-electron chi connectivity index (χ2n) is 19.0. The van der Waals surface area contributed by atoms with Crippen molar-refractivity contribution >= 4 is 87.8 Å². The van der Waals surface area contributed by atoms with Gasteiger partial charge < -0.3 is 39.0 Å². The van der Waals surface area contributed by atoms with Gasteiger partial charge >= 0.3 is 11.4 Å². The van der Waals surface area contributed by atoms with Crippen LogP contribution in [0.2, 0.25) is 0 Å². The zero-order valence-corrected chi connectivity index (χ0v) is 48.1. The molecule has 2 aliphatic rings. The molecule has 8 rings (SSSR count). The summed E-state index contributed by atoms with van der Waals surface area (Å²) in [6.07, 6.45) is 10.9. The maximum atomic E-state index is 12.9. The first-order valence-corrected chi connectivity index (χ1v) is 28.7. The molecule has 0 atom stereocenters. The summed E-state index contributed by atoms with van der Waals surface area (Å²) in [4.78, 5) is 85.8. The van der Waals surface area contributed by atoms with Crippen LogP contribution in [0.1, 0.15) is 31.2 Å². The number of likely N-dealkylation sites (N-methyl/N-ethyl adjacent to an activating group) is 2. The monoisotopic (exact) mass is 1210 g/mol. The van der Waals surface area contributed by atoms with Gasteiger partial charge in [0.2, 0.25) is 41.8 Å². The molecule has 4 aromatic heterocycles. The van der Waals surface area contributed by atoms with Crippen molar-refractivity contribution in [2.75, 3.05) is 77.6 Å². The van der Waals surface area contributed by atoms with Gasteiger partial charge in [0.15, 0.2) is 22.3 Å². The first-order valence-electron chi connectivity index (χ1n) is 23.9. The Bertz CT molecular complexity index is 3860. The van der Waals surface area contributed by atoms with E-state index in [2.05, 4.69) is 65.9 Å². The molecular weight excluding hydrogens is 1150 g/mol. The van der Waals surface area contributed by atoms with Crippen LogP contribution in [0.4, 0.5) is 11.4 Å². The molecule has 0 aliphatic heterocycles. The molecule has 0 bridgehead atoms. The smallest absolute Gasteiger partial charge is 0.333 e. The Hall–Kier alpha value is -7.05. The Morgan fingerprint density at radius 3 is 1.48 bits per heavy atom. The van der Waals surface area contributed by atoms with Crippen molar-refractivity contribution in [3.05, 3.63) is 87.2 Å². The predicted molar refractivity (Wildman–Crippen MR) is 299 cm³/mol. The number of terminal acetylenes is 1. The topological polar surface area (TPSA) is 275 Å². The summed E-state index contributed by atoms with van der Waals surface area (Å²) in [6, 6.07) is 11.0. The molecule has 2 saturated carbocycles. The third kappa shape index (κ3) is 14.9. The lowest BCUT2D eigenvalue weighted by Crippen LogP contribution is -2.38. The van der Waals surface area contributed by atoms with Crippen molar-refractivity contribution in [3.8, 4) is 35.7 Å². The highest BCUT2D eigenvalue weighted by Crippen LogP contribution is 2.32. The number of imidazole rings is 2. The highest BCUT2D eigenvalue weighted by Gasteiger charge is 2.31. The summed E-state index contributed by atoms with van der Waals surface area (Å²) < 4.78 is 66.6. The van der Waals surface area contributed by atoms with Crippen LogP contribution < -0.4 is 42.6 Å². The van der Waals surface area contributed by atoms with E-state index in [1.54, 1.807) is 18.2 Å². The normalized spacial score (nSPS) is 13.2. The highest BCUT2D eigenvalue weighted by molar-refractivity contribution is 14.1. The largest absolute Gasteiger partial charge is 0.492 e. The molecule has 4 heterocycles. The van der Waals surface area contributed by atoms with Crippen LogP contribution in [-0.4, -0.2) is 143 Å². The van der Waals surface area contributed by atoms with Crippen LogP contribution in [0, 0.1) is 39.6 Å². The number of benzene rings is 2. The number of nitrogens with zero attached hydrogens (tertiary/aromatic N) is 10. The summed E-state index contributed by atoms with van der Waals surface area (Å²) >= 11 is 2.23. The number of ether oxygens (including phenoxy) is 2. The Kier molecular flexibility index (Phi) is 18.8. The molecule has 0 radical (unpaired) electrons. The number of sulfone groups is 2. The third-order valence-corrected chi connectivity index (χ3v) is 14.5. The standard InChI is InChI=1S/C25H30N6O6S.C14H19IN2O2.C11H12N4O4S/c1-28(2)11-12-37-19-14-16(13-18(15-19)26-22(32)17-8-9-17)7-6-10-31-21-20(23(33)30(4)25(31)34)29(3)24(27-21)38(5,35)36;1-17(2)5-6-19-13-8-11(15)7-12(9-13)16-14(18)10-3-4-10;1-5-6-15-8-7(9(16)14(3)11(15)17)13(2)10(12-8)20(4,18)19/h13-15,17H,8-12H2,1-5H3,(H,26,32);7-10H,3-6H2,1-2H3,(H,16,18);1H,6H2,2-4H3. The number of aryl methyl sites for hydroxylation is 2. The second-order valence-corrected chi connectivity index (χ2v) is 24.1. The Morgan fingerprint density at radius 1 is 0.662 bits per heavy atom. The molecule has 2 N–H and O–H groups in total. The van der Waals surface area contributed by atoms with E-state index in [1.807, 2.05) is 51.3 Å². The number of carbonyl (C=O) groups is 2. The van der Waals surface area contributed by atoms with Gasteiger partial charge in [-0.05, 0) is 101 Å². The van der Waals surface area contributed by atoms with E-state index in [0.717, 1.165) is 82.6 Å². The van der Waals surface area contributed by atoms with Crippen LogP contribution in [0.15, 0.2) is 65.9 Å². The van der Waals surface area contributed by atoms with Crippen molar-refractivity contribution < 1.29 is 35.9 Å². The lowest BCUT2D eigenvalue weighted by Gasteiger charge is -2.13. The van der Waals surface area contributed by atoms with Gasteiger partial charge in [-0.15, -0.1) is 6.42 Å². The van der Waals surface area contributed by atoms with Gasteiger partial charge in [0.25, 0.3) is 11.1 Å². The van der Waals surface area contributed by atoms with E-state index < -0.39 is 42.2 Å². The van der Waals surface area contributed by atoms with Crippen molar-refractivity contribution in [2.24, 2.45) is 40.0 Å². The van der Waals surface area contributed by atoms with Gasteiger partial charge in [-0.1, -0.05) is 17.8 Å². The van der Waals surface area contributed by atoms with E-state index in [1.165, 1.54) is 32.8 Å². The average Bonchev–Trinajstić information content (AvgIpc) is 4.28. The van der Waals surface area contributed by atoms with Gasteiger partial charge in [-0.2, -0.15) is 9.97 Å². The van der Waals surface area contributed by atoms with Crippen LogP contribution >= 0.6 is 22.6 Å². The lowest BCUT2D eigenvalue weighted by atomic mass is 10.2. The summed E-state index contributed by atoms with van der Waals surface area (Å²) in [5, 5.41) is 5.24. The van der Waals surface area contributed by atoms with E-state index >= 15 is 0 Å². The minimum Gasteiger partial charge on any atom is -0.492 e. The minimum atomic E-state index is -3.75. The number of rotatable bonds is 16. The summed E-state index contributed by atoms with van der Waals surface area (Å²) in [7, 11) is 5.93. The van der Waals surface area contributed by atoms with Crippen molar-refractivity contribution in [1.29, 1.82) is 0 Å². The first-order chi connectivity index (χ1) is 36.1. The highest BCUT2D eigenvalue weighted by atomic mass is 127. The molecule has 24 nitrogen and oxygen atoms in total. The number of fused-ring (bicyclic) bond motifs is 2. The van der Waals surface area contributed by atoms with Gasteiger partial charge in [-0.3, -0.25) is 37.4 Å². The number of hydrogen-bond acceptors (Lipinski definition) is 16. The quantitative estimate of drug-likeness (QED) is 0.102. The maximum absolute atomic E-state index is 12.9. The van der Waals surface area contributed by atoms with Crippen molar-refractivity contribution in [1.82, 2.24) is 47.2 Å². The summed E-state index contributed by atoms with van der Waals surface area (Å²) in [6.45, 7) is 2.39. The molecule has 0 unspecified atom stereocenters. The number of anilines is 2. The van der Waals surface area contributed by atoms with E-state index in [9.17, 15) is 45.6 Å². The molecule has 2 amide bonds. The fraction of sp³-hybridized carbons (Fsp3) is 0.440. The molecule has 6 aromatic rings. The third-order valence-electron chi connectivity index (χ3n) is 11.8. The van der Waals surface area contributed by atoms with Gasteiger partial charge in [0.05, 0.1) is 13.1 Å². The predicted octanol–water partition coefficient (Wildman–Crippen LogP) is 1.23. The zero-order chi connectivity index (χ0) is 56.8. The average molecular weight is 1210 g/mol. The number of aromatic nitrogens is 8. The van der Waals surface area contributed by atoms with Crippen LogP contribution in [0.25, 0.3) is 22.3 Å². The van der Waals surface area contributed by atoms with Crippen molar-refractivity contribution in [3.63, 3.8) is 0 Å². The number of halogens is 1. The maximum Gasteiger partial charge on any atom is 0.333 e. The summed E-state index contributed by atoms with van der Waals surface area (Å²) in [5.41, 5.74) is -0.759. The lowest BCUT2D eigenvalue weighted by molar-refractivity contribution is -0.118. The minimum absolute atomic E-state index is 0.0165. The van der Waals surface area contributed by atoms with Gasteiger partial charge in [0.1, 0.15) is 24.7 Å². The summed E-state index contributed by atoms with van der Waals surface area (Å²) in [5.74, 6) is 9.82. The molecule has 2 fully saturated rings. The zero-order valence-electron chi connectivity index (χ0n) is 44.3. The molecule has 2 aromatic carbocycles. The van der Waals surface area contributed by atoms with Crippen LogP contribution in [0.3, 0.4) is 0 Å². The van der Waals surface area contributed by atoms with E-state index in [0.29, 0.717) is 36.8 Å². The van der Waals surface area contributed by atoms with E-state index in [-0.39, 0.29) is 69.4 Å². The van der Waals surface area contributed by atoms with E-state index in [4.69, 9.17) is 15.9 Å². The van der Waals surface area contributed by atoms with Crippen molar-refractivity contribution in [2.45, 2.75) is 49.1 Å². The molecule has 0 spiro atoms. The van der Waals surface area contributed by atoms with Gasteiger partial charge in [-0.25, -0.2) is 26.4 Å². The molecule has 77 heavy (non-hydrogen) atoms. The Balaban J connectivity index is 0.000000207. The number of hydrogen-bond donors (Lipinski definition) is 2. The Labute approximate surface area is 458 Å². The van der Waals surface area contributed by atoms with Crippen LogP contribution in [-0.2, 0) is 70.5 Å². The van der Waals surface area contributed by atoms with Crippen LogP contribution in [0.5, 0.6) is 11.5 Å². The molecule has 27 heteroatoms. The number of carbonyl (C=O) groups excluding carboxylic acids is 2. The molecule has 2 aliphatic carbocycles. The fourth-order valence-electron chi connectivity index (χ4n) is 7.49. The Morgan fingerprint density at radius 2 is 1.08 bits per heavy atom. The fourth-order valence-corrected chi connectivity index (χ4v) is 9.82. The SMILES string of the molecule is C#CCn1c(=O)n(C)c(=O)c2c1nc(S(C)(=O)=O)n2C.CN(C)CCOc1cc(C#CCn2c(=O)n(C)c(=O)c3c2nc(S(C)(=O)=O)n3C)cc(NC(=O)C2CC2)c1.CN(C)CCOc1cc(I)cc(NC(=O)C2CC2)c1. The number of nitrogens with one attached hydrogen (secondary N) is 2. The molecule has 0 saturated heterocycles. The molecule has 412 valence electrons. The first kappa shape index (κ1) is 59.2.